The van der Waals surface area contributed by atoms with Crippen LogP contribution in [0.4, 0.5) is 4.39 Å². The van der Waals surface area contributed by atoms with Crippen molar-refractivity contribution in [2.24, 2.45) is 0 Å². The number of alkyl halides is 1. The van der Waals surface area contributed by atoms with Crippen LogP contribution in [-0.2, 0) is 3.79 Å². The SMILES string of the molecule is CCCC(F)[O][AlH2]. The molecule has 1 unspecified atom stereocenters. The Balaban J connectivity index is 2.83. The molecule has 0 aliphatic heterocycles. The molecule has 0 spiro atoms. The van der Waals surface area contributed by atoms with Gasteiger partial charge in [0.05, 0.1) is 0 Å². The Labute approximate surface area is 51.6 Å². The van der Waals surface area contributed by atoms with Gasteiger partial charge in [0, 0.05) is 6.42 Å². The molecule has 1 atom stereocenters. The van der Waals surface area contributed by atoms with Gasteiger partial charge < -0.3 is 3.79 Å². The summed E-state index contributed by atoms with van der Waals surface area (Å²) in [4.78, 5) is 0. The molecule has 0 aliphatic rings. The van der Waals surface area contributed by atoms with E-state index in [9.17, 15) is 4.39 Å². The molecule has 0 fully saturated rings. The van der Waals surface area contributed by atoms with Crippen LogP contribution in [0.5, 0.6) is 0 Å². The fourth-order valence-electron chi connectivity index (χ4n) is 0.345. The normalized spacial score (nSPS) is 14.0. The number of hydrogen-bond donors (Lipinski definition) is 0. The highest BCUT2D eigenvalue weighted by Crippen LogP contribution is 1.99. The van der Waals surface area contributed by atoms with E-state index in [2.05, 4.69) is 3.79 Å². The summed E-state index contributed by atoms with van der Waals surface area (Å²) in [5, 5.41) is 0. The molecule has 0 radical (unpaired) electrons. The highest BCUT2D eigenvalue weighted by molar-refractivity contribution is 5.98. The van der Waals surface area contributed by atoms with Gasteiger partial charge in [-0.2, -0.15) is 0 Å². The van der Waals surface area contributed by atoms with Crippen LogP contribution >= 0.6 is 0 Å². The molecule has 0 saturated heterocycles. The third kappa shape index (κ3) is 4.27. The van der Waals surface area contributed by atoms with Crippen LogP contribution in [-0.4, -0.2) is 23.0 Å². The topological polar surface area (TPSA) is 9.23 Å². The molecule has 0 heterocycles. The van der Waals surface area contributed by atoms with Gasteiger partial charge >= 0.3 is 16.6 Å². The first-order valence-corrected chi connectivity index (χ1v) is 3.29. The van der Waals surface area contributed by atoms with Crippen LogP contribution in [0.2, 0.25) is 0 Å². The average molecular weight is 120 g/mol. The lowest BCUT2D eigenvalue weighted by Crippen LogP contribution is -2.01. The van der Waals surface area contributed by atoms with Crippen molar-refractivity contribution in [2.45, 2.75) is 26.1 Å². The molecule has 0 rings (SSSR count). The van der Waals surface area contributed by atoms with Crippen LogP contribution in [0.1, 0.15) is 19.8 Å². The third-order valence-corrected chi connectivity index (χ3v) is 1.28. The van der Waals surface area contributed by atoms with E-state index < -0.39 is 6.36 Å². The first-order valence-electron chi connectivity index (χ1n) is 2.48. The van der Waals surface area contributed by atoms with Crippen molar-refractivity contribution in [3.05, 3.63) is 0 Å². The minimum atomic E-state index is -0.989. The maximum absolute atomic E-state index is 11.9. The van der Waals surface area contributed by atoms with E-state index in [0.29, 0.717) is 23.0 Å². The Kier molecular flexibility index (Phi) is 4.85. The van der Waals surface area contributed by atoms with Gasteiger partial charge in [0.1, 0.15) is 0 Å². The van der Waals surface area contributed by atoms with E-state index >= 15 is 0 Å². The molecule has 0 aromatic carbocycles. The minimum Gasteiger partial charge on any atom is -0.481 e. The van der Waals surface area contributed by atoms with Crippen molar-refractivity contribution in [3.63, 3.8) is 0 Å². The Morgan fingerprint density at radius 3 is 2.57 bits per heavy atom. The smallest absolute Gasteiger partial charge is 0.413 e. The summed E-state index contributed by atoms with van der Waals surface area (Å²) in [6.07, 6.45) is 0.420. The largest absolute Gasteiger partial charge is 0.481 e. The van der Waals surface area contributed by atoms with Crippen LogP contribution in [0, 0.1) is 0 Å². The number of halogens is 1. The molecule has 3 heteroatoms. The van der Waals surface area contributed by atoms with E-state index in [-0.39, 0.29) is 0 Å². The van der Waals surface area contributed by atoms with Crippen molar-refractivity contribution < 1.29 is 8.18 Å². The standard InChI is InChI=1S/C4H8FO.Al.2H/c1-2-3-4(5)6;;;/h4H,2-3H2,1H3;;;/q-1;+1;;. The lowest BCUT2D eigenvalue weighted by Gasteiger charge is -2.02. The van der Waals surface area contributed by atoms with Gasteiger partial charge in [-0.15, -0.1) is 0 Å². The molecule has 42 valence electrons. The van der Waals surface area contributed by atoms with Gasteiger partial charge in [0.2, 0.25) is 0 Å². The van der Waals surface area contributed by atoms with Gasteiger partial charge in [0.15, 0.2) is 6.36 Å². The van der Waals surface area contributed by atoms with E-state index in [1.165, 1.54) is 0 Å². The second kappa shape index (κ2) is 4.58. The molecule has 7 heavy (non-hydrogen) atoms. The lowest BCUT2D eigenvalue weighted by molar-refractivity contribution is 0.0684. The van der Waals surface area contributed by atoms with Gasteiger partial charge in [-0.1, -0.05) is 13.3 Å². The zero-order valence-electron chi connectivity index (χ0n) is 4.78. The first-order chi connectivity index (χ1) is 3.31. The molecule has 0 aromatic heterocycles. The predicted octanol–water partition coefficient (Wildman–Crippen LogP) is 0.647. The van der Waals surface area contributed by atoms with Crippen molar-refractivity contribution in [1.29, 1.82) is 0 Å². The van der Waals surface area contributed by atoms with E-state index in [4.69, 9.17) is 0 Å². The van der Waals surface area contributed by atoms with Gasteiger partial charge in [-0.05, 0) is 0 Å². The van der Waals surface area contributed by atoms with Crippen LogP contribution in [0.15, 0.2) is 0 Å². The summed E-state index contributed by atoms with van der Waals surface area (Å²) in [5.74, 6) is 0. The third-order valence-electron chi connectivity index (χ3n) is 0.771. The van der Waals surface area contributed by atoms with Crippen LogP contribution in [0.3, 0.4) is 0 Å². The summed E-state index contributed by atoms with van der Waals surface area (Å²) in [6.45, 7) is 1.94. The maximum Gasteiger partial charge on any atom is 0.413 e. The summed E-state index contributed by atoms with van der Waals surface area (Å²) in [6, 6.07) is 0. The highest BCUT2D eigenvalue weighted by atomic mass is 27.1. The highest BCUT2D eigenvalue weighted by Gasteiger charge is 1.96. The Morgan fingerprint density at radius 1 is 1.86 bits per heavy atom. The monoisotopic (exact) mass is 120 g/mol. The van der Waals surface area contributed by atoms with Gasteiger partial charge in [0.25, 0.3) is 0 Å². The molecular weight excluding hydrogens is 110 g/mol. The molecule has 0 saturated carbocycles. The van der Waals surface area contributed by atoms with E-state index in [1.54, 1.807) is 0 Å². The summed E-state index contributed by atoms with van der Waals surface area (Å²) >= 11 is 0.512. The van der Waals surface area contributed by atoms with Crippen molar-refractivity contribution in [3.8, 4) is 0 Å². The number of hydrogen-bond acceptors (Lipinski definition) is 1. The van der Waals surface area contributed by atoms with Crippen molar-refractivity contribution in [1.82, 2.24) is 0 Å². The maximum atomic E-state index is 11.9. The summed E-state index contributed by atoms with van der Waals surface area (Å²) < 4.78 is 16.4. The zero-order chi connectivity index (χ0) is 5.70. The minimum absolute atomic E-state index is 0.512. The molecule has 0 N–H and O–H groups in total. The molecule has 0 bridgehead atoms. The van der Waals surface area contributed by atoms with Crippen molar-refractivity contribution >= 4 is 16.6 Å². The lowest BCUT2D eigenvalue weighted by atomic mass is 10.3. The molecular formula is C4H10AlFO. The fraction of sp³-hybridized carbons (Fsp3) is 1.00. The van der Waals surface area contributed by atoms with Crippen molar-refractivity contribution in [2.75, 3.05) is 0 Å². The predicted molar refractivity (Wildman–Crippen MR) is 29.4 cm³/mol. The van der Waals surface area contributed by atoms with Gasteiger partial charge in [-0.25, -0.2) is 4.39 Å². The first kappa shape index (κ1) is 7.42. The molecule has 1 nitrogen and oxygen atoms in total. The van der Waals surface area contributed by atoms with E-state index in [1.807, 2.05) is 6.92 Å². The van der Waals surface area contributed by atoms with Crippen LogP contribution < -0.4 is 0 Å². The summed E-state index contributed by atoms with van der Waals surface area (Å²) in [5.41, 5.74) is 0. The molecule has 0 amide bonds. The van der Waals surface area contributed by atoms with Crippen LogP contribution in [0.25, 0.3) is 0 Å². The zero-order valence-corrected chi connectivity index (χ0v) is 6.78. The van der Waals surface area contributed by atoms with Gasteiger partial charge in [-0.3, -0.25) is 0 Å². The van der Waals surface area contributed by atoms with E-state index in [0.717, 1.165) is 6.42 Å². The average Bonchev–Trinajstić information content (AvgIpc) is 1.68. The Morgan fingerprint density at radius 2 is 2.43 bits per heavy atom. The fourth-order valence-corrected chi connectivity index (χ4v) is 0.581. The number of rotatable bonds is 3. The molecule has 0 aromatic rings. The Bertz CT molecular complexity index is 42.7. The Hall–Kier alpha value is 0.422. The quantitative estimate of drug-likeness (QED) is 0.497. The second-order valence-corrected chi connectivity index (χ2v) is 1.91. The summed E-state index contributed by atoms with van der Waals surface area (Å²) in [7, 11) is 0. The second-order valence-electron chi connectivity index (χ2n) is 1.43. The molecule has 0 aliphatic carbocycles.